The largest absolute Gasteiger partial charge is 0.465 e. The second-order valence-corrected chi connectivity index (χ2v) is 6.90. The van der Waals surface area contributed by atoms with E-state index in [4.69, 9.17) is 16.2 Å². The number of anilines is 2. The molecular formula is C19H23N5O5S. The Bertz CT molecular complexity index is 941. The Balaban J connectivity index is 2.29. The molecule has 11 heteroatoms. The van der Waals surface area contributed by atoms with Gasteiger partial charge in [0.15, 0.2) is 5.69 Å². The van der Waals surface area contributed by atoms with E-state index in [0.29, 0.717) is 5.69 Å². The average Bonchev–Trinajstić information content (AvgIpc) is 3.12. The van der Waals surface area contributed by atoms with Gasteiger partial charge in [0.1, 0.15) is 18.0 Å². The van der Waals surface area contributed by atoms with Crippen molar-refractivity contribution in [3.05, 3.63) is 40.4 Å². The van der Waals surface area contributed by atoms with Gasteiger partial charge in [-0.15, -0.1) is 0 Å². The molecule has 3 amide bonds. The molecule has 0 unspecified atom stereocenters. The summed E-state index contributed by atoms with van der Waals surface area (Å²) in [7, 11) is 0. The van der Waals surface area contributed by atoms with Crippen molar-refractivity contribution in [1.82, 2.24) is 9.69 Å². The van der Waals surface area contributed by atoms with E-state index in [1.165, 1.54) is 4.90 Å². The standard InChI is InChI=1S/C19H23N5O5S/c1-3-11-5-7-12(8-6-11)24(10-13(25)22-9-14(26)29-4-2)19(28)17-15(20)16(18(21)27)23-30-17/h5-8H,3-4,9-10,20H2,1-2H3,(H2,21,27)(H,22,25). The number of nitrogens with zero attached hydrogens (tertiary/aromatic N) is 2. The average molecular weight is 433 g/mol. The lowest BCUT2D eigenvalue weighted by atomic mass is 10.1. The lowest BCUT2D eigenvalue weighted by molar-refractivity contribution is -0.143. The molecule has 5 N–H and O–H groups in total. The molecule has 2 aromatic rings. The Morgan fingerprint density at radius 1 is 1.17 bits per heavy atom. The second kappa shape index (κ2) is 10.3. The predicted octanol–water partition coefficient (Wildman–Crippen LogP) is 0.713. The van der Waals surface area contributed by atoms with Crippen molar-refractivity contribution < 1.29 is 23.9 Å². The van der Waals surface area contributed by atoms with Gasteiger partial charge >= 0.3 is 5.97 Å². The minimum Gasteiger partial charge on any atom is -0.465 e. The van der Waals surface area contributed by atoms with Gasteiger partial charge in [0.2, 0.25) is 5.91 Å². The van der Waals surface area contributed by atoms with Crippen LogP contribution in [0, 0.1) is 0 Å². The highest BCUT2D eigenvalue weighted by Crippen LogP contribution is 2.26. The van der Waals surface area contributed by atoms with Crippen molar-refractivity contribution in [1.29, 1.82) is 0 Å². The molecule has 0 spiro atoms. The van der Waals surface area contributed by atoms with Gasteiger partial charge in [0.05, 0.1) is 12.3 Å². The number of amides is 3. The van der Waals surface area contributed by atoms with E-state index in [0.717, 1.165) is 23.5 Å². The van der Waals surface area contributed by atoms with Crippen LogP contribution in [0.15, 0.2) is 24.3 Å². The highest BCUT2D eigenvalue weighted by Gasteiger charge is 2.27. The van der Waals surface area contributed by atoms with Crippen molar-refractivity contribution in [2.24, 2.45) is 5.73 Å². The maximum Gasteiger partial charge on any atom is 0.325 e. The Labute approximate surface area is 177 Å². The van der Waals surface area contributed by atoms with Crippen molar-refractivity contribution in [3.63, 3.8) is 0 Å². The van der Waals surface area contributed by atoms with Crippen LogP contribution in [0.5, 0.6) is 0 Å². The van der Waals surface area contributed by atoms with Crippen molar-refractivity contribution in [2.75, 3.05) is 30.3 Å². The Hall–Kier alpha value is -3.47. The lowest BCUT2D eigenvalue weighted by Crippen LogP contribution is -2.42. The number of rotatable bonds is 9. The summed E-state index contributed by atoms with van der Waals surface area (Å²) in [5, 5.41) is 2.41. The molecule has 0 aliphatic carbocycles. The van der Waals surface area contributed by atoms with E-state index in [1.54, 1.807) is 19.1 Å². The minimum atomic E-state index is -0.853. The summed E-state index contributed by atoms with van der Waals surface area (Å²) >= 11 is 0.722. The number of hydrogen-bond acceptors (Lipinski definition) is 8. The predicted molar refractivity (Wildman–Crippen MR) is 112 cm³/mol. The van der Waals surface area contributed by atoms with Gasteiger partial charge < -0.3 is 21.5 Å². The number of nitrogens with two attached hydrogens (primary N) is 2. The third-order valence-corrected chi connectivity index (χ3v) is 4.94. The van der Waals surface area contributed by atoms with Gasteiger partial charge in [0.25, 0.3) is 11.8 Å². The Morgan fingerprint density at radius 2 is 1.83 bits per heavy atom. The van der Waals surface area contributed by atoms with E-state index in [9.17, 15) is 19.2 Å². The first-order valence-electron chi connectivity index (χ1n) is 9.16. The van der Waals surface area contributed by atoms with Crippen LogP contribution in [-0.2, 0) is 20.7 Å². The Morgan fingerprint density at radius 3 is 2.37 bits per heavy atom. The first-order chi connectivity index (χ1) is 14.3. The molecule has 0 saturated heterocycles. The summed E-state index contributed by atoms with van der Waals surface area (Å²) in [6, 6.07) is 7.05. The van der Waals surface area contributed by atoms with Crippen LogP contribution in [0.3, 0.4) is 0 Å². The van der Waals surface area contributed by atoms with Crippen LogP contribution >= 0.6 is 11.5 Å². The molecule has 1 heterocycles. The molecule has 2 rings (SSSR count). The number of nitrogen functional groups attached to an aromatic ring is 1. The molecule has 0 bridgehead atoms. The summed E-state index contributed by atoms with van der Waals surface area (Å²) in [6.07, 6.45) is 0.804. The number of carbonyl (C=O) groups is 4. The molecule has 1 aromatic heterocycles. The fraction of sp³-hybridized carbons (Fsp3) is 0.316. The van der Waals surface area contributed by atoms with E-state index < -0.39 is 23.7 Å². The molecule has 30 heavy (non-hydrogen) atoms. The van der Waals surface area contributed by atoms with Gasteiger partial charge in [-0.05, 0) is 42.6 Å². The maximum absolute atomic E-state index is 13.1. The molecule has 0 aliphatic heterocycles. The van der Waals surface area contributed by atoms with E-state index in [2.05, 4.69) is 9.69 Å². The van der Waals surface area contributed by atoms with Crippen LogP contribution in [0.4, 0.5) is 11.4 Å². The summed E-state index contributed by atoms with van der Waals surface area (Å²) in [4.78, 5) is 49.5. The van der Waals surface area contributed by atoms with Gasteiger partial charge in [-0.25, -0.2) is 0 Å². The fourth-order valence-corrected chi connectivity index (χ4v) is 3.28. The Kier molecular flexibility index (Phi) is 7.87. The zero-order valence-corrected chi connectivity index (χ0v) is 17.5. The zero-order chi connectivity index (χ0) is 22.3. The zero-order valence-electron chi connectivity index (χ0n) is 16.6. The topological polar surface area (TPSA) is 158 Å². The smallest absolute Gasteiger partial charge is 0.325 e. The summed E-state index contributed by atoms with van der Waals surface area (Å²) < 4.78 is 8.60. The first kappa shape index (κ1) is 22.8. The third-order valence-electron chi connectivity index (χ3n) is 4.09. The molecule has 0 aliphatic rings. The van der Waals surface area contributed by atoms with Gasteiger partial charge in [-0.3, -0.25) is 24.1 Å². The summed E-state index contributed by atoms with van der Waals surface area (Å²) in [6.45, 7) is 3.13. The minimum absolute atomic E-state index is 0.0124. The highest BCUT2D eigenvalue weighted by atomic mass is 32.1. The van der Waals surface area contributed by atoms with Crippen LogP contribution in [0.2, 0.25) is 0 Å². The van der Waals surface area contributed by atoms with E-state index >= 15 is 0 Å². The molecule has 10 nitrogen and oxygen atoms in total. The normalized spacial score (nSPS) is 10.3. The van der Waals surface area contributed by atoms with Crippen LogP contribution in [0.25, 0.3) is 0 Å². The molecule has 0 fully saturated rings. The number of carbonyl (C=O) groups excluding carboxylic acids is 4. The fourth-order valence-electron chi connectivity index (χ4n) is 2.53. The number of hydrogen-bond donors (Lipinski definition) is 3. The SMILES string of the molecule is CCOC(=O)CNC(=O)CN(C(=O)c1snc(C(N)=O)c1N)c1ccc(CC)cc1. The number of aryl methyl sites for hydroxylation is 1. The molecular weight excluding hydrogens is 410 g/mol. The van der Waals surface area contributed by atoms with E-state index in [1.807, 2.05) is 19.1 Å². The monoisotopic (exact) mass is 433 g/mol. The quantitative estimate of drug-likeness (QED) is 0.491. The van der Waals surface area contributed by atoms with E-state index in [-0.39, 0.29) is 36.0 Å². The number of benzene rings is 1. The van der Waals surface area contributed by atoms with Gasteiger partial charge in [0, 0.05) is 5.69 Å². The molecule has 0 atom stereocenters. The van der Waals surface area contributed by atoms with Crippen LogP contribution < -0.4 is 21.7 Å². The number of aromatic nitrogens is 1. The van der Waals surface area contributed by atoms with Crippen LogP contribution in [-0.4, -0.2) is 47.8 Å². The molecule has 0 radical (unpaired) electrons. The second-order valence-electron chi connectivity index (χ2n) is 6.13. The molecule has 160 valence electrons. The first-order valence-corrected chi connectivity index (χ1v) is 9.93. The van der Waals surface area contributed by atoms with Crippen molar-refractivity contribution in [2.45, 2.75) is 20.3 Å². The van der Waals surface area contributed by atoms with Gasteiger partial charge in [-0.1, -0.05) is 19.1 Å². The number of esters is 1. The summed E-state index contributed by atoms with van der Waals surface area (Å²) in [5.74, 6) is -2.63. The van der Waals surface area contributed by atoms with Crippen molar-refractivity contribution in [3.8, 4) is 0 Å². The van der Waals surface area contributed by atoms with Crippen LogP contribution in [0.1, 0.15) is 39.6 Å². The van der Waals surface area contributed by atoms with Crippen molar-refractivity contribution >= 4 is 46.6 Å². The maximum atomic E-state index is 13.1. The third kappa shape index (κ3) is 5.54. The highest BCUT2D eigenvalue weighted by molar-refractivity contribution is 7.09. The molecule has 1 aromatic carbocycles. The summed E-state index contributed by atoms with van der Waals surface area (Å²) in [5.41, 5.74) is 12.2. The number of ether oxygens (including phenoxy) is 1. The van der Waals surface area contributed by atoms with Gasteiger partial charge in [-0.2, -0.15) is 4.37 Å². The lowest BCUT2D eigenvalue weighted by Gasteiger charge is -2.22. The molecule has 0 saturated carbocycles. The number of nitrogens with one attached hydrogen (secondary N) is 1. The number of primary amides is 1.